The SMILES string of the molecule is COc1cc(/C=C/CN)c(C(C)F)cc1OC. The molecule has 0 fully saturated rings. The molecule has 94 valence electrons. The van der Waals surface area contributed by atoms with Crippen molar-refractivity contribution >= 4 is 6.08 Å². The van der Waals surface area contributed by atoms with Gasteiger partial charge in [-0.15, -0.1) is 0 Å². The maximum Gasteiger partial charge on any atom is 0.161 e. The van der Waals surface area contributed by atoms with Crippen molar-refractivity contribution in [2.24, 2.45) is 5.73 Å². The van der Waals surface area contributed by atoms with Crippen molar-refractivity contribution in [3.63, 3.8) is 0 Å². The van der Waals surface area contributed by atoms with Gasteiger partial charge in [0.1, 0.15) is 6.17 Å². The zero-order valence-corrected chi connectivity index (χ0v) is 10.4. The van der Waals surface area contributed by atoms with Crippen LogP contribution in [0, 0.1) is 0 Å². The summed E-state index contributed by atoms with van der Waals surface area (Å²) in [7, 11) is 3.08. The molecule has 0 aliphatic rings. The fourth-order valence-corrected chi connectivity index (χ4v) is 1.59. The molecule has 2 N–H and O–H groups in total. The summed E-state index contributed by atoms with van der Waals surface area (Å²) in [6, 6.07) is 3.40. The molecule has 0 bridgehead atoms. The average molecular weight is 239 g/mol. The number of methoxy groups -OCH3 is 2. The highest BCUT2D eigenvalue weighted by Crippen LogP contribution is 2.34. The number of nitrogens with two attached hydrogens (primary N) is 1. The summed E-state index contributed by atoms with van der Waals surface area (Å²) in [5.41, 5.74) is 6.71. The van der Waals surface area contributed by atoms with Gasteiger partial charge in [-0.1, -0.05) is 12.2 Å². The van der Waals surface area contributed by atoms with Gasteiger partial charge in [0.15, 0.2) is 11.5 Å². The third-order valence-corrected chi connectivity index (χ3v) is 2.45. The number of hydrogen-bond donors (Lipinski definition) is 1. The van der Waals surface area contributed by atoms with E-state index in [0.717, 1.165) is 5.56 Å². The Hall–Kier alpha value is -1.55. The number of benzene rings is 1. The quantitative estimate of drug-likeness (QED) is 0.859. The Labute approximate surface area is 101 Å². The lowest BCUT2D eigenvalue weighted by atomic mass is 10.0. The third kappa shape index (κ3) is 3.20. The zero-order chi connectivity index (χ0) is 12.8. The third-order valence-electron chi connectivity index (χ3n) is 2.45. The first kappa shape index (κ1) is 13.5. The molecule has 1 rings (SSSR count). The molecule has 0 aromatic heterocycles. The van der Waals surface area contributed by atoms with Gasteiger partial charge in [-0.2, -0.15) is 0 Å². The predicted molar refractivity (Wildman–Crippen MR) is 67.2 cm³/mol. The molecule has 0 aliphatic carbocycles. The molecule has 0 saturated heterocycles. The van der Waals surface area contributed by atoms with Crippen molar-refractivity contribution in [1.82, 2.24) is 0 Å². The van der Waals surface area contributed by atoms with E-state index in [-0.39, 0.29) is 0 Å². The van der Waals surface area contributed by atoms with Gasteiger partial charge in [0.05, 0.1) is 14.2 Å². The molecular weight excluding hydrogens is 221 g/mol. The van der Waals surface area contributed by atoms with Gasteiger partial charge in [-0.25, -0.2) is 4.39 Å². The Balaban J connectivity index is 3.29. The Kier molecular flexibility index (Phi) is 4.97. The maximum absolute atomic E-state index is 13.5. The number of ether oxygens (including phenoxy) is 2. The minimum Gasteiger partial charge on any atom is -0.493 e. The van der Waals surface area contributed by atoms with E-state index >= 15 is 0 Å². The van der Waals surface area contributed by atoms with Gasteiger partial charge in [-0.05, 0) is 30.2 Å². The second-order valence-corrected chi connectivity index (χ2v) is 3.59. The topological polar surface area (TPSA) is 44.5 Å². The zero-order valence-electron chi connectivity index (χ0n) is 10.4. The van der Waals surface area contributed by atoms with Crippen LogP contribution in [0.5, 0.6) is 11.5 Å². The summed E-state index contributed by atoms with van der Waals surface area (Å²) in [4.78, 5) is 0. The van der Waals surface area contributed by atoms with Crippen LogP contribution in [0.3, 0.4) is 0 Å². The van der Waals surface area contributed by atoms with Crippen LogP contribution in [-0.4, -0.2) is 20.8 Å². The van der Waals surface area contributed by atoms with Gasteiger partial charge >= 0.3 is 0 Å². The van der Waals surface area contributed by atoms with Crippen LogP contribution in [0.1, 0.15) is 24.2 Å². The van der Waals surface area contributed by atoms with Crippen molar-refractivity contribution in [2.75, 3.05) is 20.8 Å². The van der Waals surface area contributed by atoms with Gasteiger partial charge in [0, 0.05) is 6.54 Å². The van der Waals surface area contributed by atoms with Gasteiger partial charge in [0.25, 0.3) is 0 Å². The molecule has 0 aliphatic heterocycles. The first-order valence-corrected chi connectivity index (χ1v) is 5.40. The molecule has 17 heavy (non-hydrogen) atoms. The summed E-state index contributed by atoms with van der Waals surface area (Å²) in [6.07, 6.45) is 2.48. The highest BCUT2D eigenvalue weighted by Gasteiger charge is 2.13. The van der Waals surface area contributed by atoms with E-state index < -0.39 is 6.17 Å². The number of halogens is 1. The van der Waals surface area contributed by atoms with E-state index in [1.807, 2.05) is 0 Å². The van der Waals surface area contributed by atoms with Crippen LogP contribution in [-0.2, 0) is 0 Å². The Morgan fingerprint density at radius 3 is 2.35 bits per heavy atom. The monoisotopic (exact) mass is 239 g/mol. The molecule has 0 amide bonds. The van der Waals surface area contributed by atoms with E-state index in [4.69, 9.17) is 15.2 Å². The molecule has 0 saturated carbocycles. The summed E-state index contributed by atoms with van der Waals surface area (Å²) < 4.78 is 23.8. The van der Waals surface area contributed by atoms with E-state index in [2.05, 4.69) is 0 Å². The average Bonchev–Trinajstić information content (AvgIpc) is 2.34. The standard InChI is InChI=1S/C13H18FNO2/c1-9(14)11-8-13(17-3)12(16-2)7-10(11)5-4-6-15/h4-5,7-9H,6,15H2,1-3H3/b5-4+. The summed E-state index contributed by atoms with van der Waals surface area (Å²) in [5, 5.41) is 0. The minimum absolute atomic E-state index is 0.411. The summed E-state index contributed by atoms with van der Waals surface area (Å²) in [5.74, 6) is 1.10. The van der Waals surface area contributed by atoms with Crippen LogP contribution in [0.25, 0.3) is 6.08 Å². The molecule has 1 aromatic carbocycles. The van der Waals surface area contributed by atoms with Crippen LogP contribution >= 0.6 is 0 Å². The first-order valence-electron chi connectivity index (χ1n) is 5.40. The van der Waals surface area contributed by atoms with Crippen molar-refractivity contribution in [3.8, 4) is 11.5 Å². The molecular formula is C13H18FNO2. The normalized spacial score (nSPS) is 12.8. The molecule has 4 heteroatoms. The lowest BCUT2D eigenvalue weighted by molar-refractivity contribution is 0.347. The molecule has 0 spiro atoms. The Morgan fingerprint density at radius 2 is 1.88 bits per heavy atom. The van der Waals surface area contributed by atoms with Crippen molar-refractivity contribution in [2.45, 2.75) is 13.1 Å². The maximum atomic E-state index is 13.5. The molecule has 0 radical (unpaired) electrons. The van der Waals surface area contributed by atoms with Crippen LogP contribution in [0.15, 0.2) is 18.2 Å². The lowest BCUT2D eigenvalue weighted by Gasteiger charge is -2.13. The fourth-order valence-electron chi connectivity index (χ4n) is 1.59. The molecule has 1 aromatic rings. The first-order chi connectivity index (χ1) is 8.13. The van der Waals surface area contributed by atoms with E-state index in [1.54, 1.807) is 31.4 Å². The summed E-state index contributed by atoms with van der Waals surface area (Å²) >= 11 is 0. The fraction of sp³-hybridized carbons (Fsp3) is 0.385. The Morgan fingerprint density at radius 1 is 1.29 bits per heavy atom. The second kappa shape index (κ2) is 6.25. The molecule has 3 nitrogen and oxygen atoms in total. The number of alkyl halides is 1. The Bertz CT molecular complexity index is 403. The lowest BCUT2D eigenvalue weighted by Crippen LogP contribution is -1.98. The van der Waals surface area contributed by atoms with E-state index in [9.17, 15) is 4.39 Å². The summed E-state index contributed by atoms with van der Waals surface area (Å²) in [6.45, 7) is 1.90. The van der Waals surface area contributed by atoms with Crippen molar-refractivity contribution in [1.29, 1.82) is 0 Å². The van der Waals surface area contributed by atoms with Crippen molar-refractivity contribution < 1.29 is 13.9 Å². The predicted octanol–water partition coefficient (Wildman–Crippen LogP) is 2.71. The highest BCUT2D eigenvalue weighted by atomic mass is 19.1. The van der Waals surface area contributed by atoms with E-state index in [1.165, 1.54) is 14.0 Å². The van der Waals surface area contributed by atoms with Crippen LogP contribution < -0.4 is 15.2 Å². The largest absolute Gasteiger partial charge is 0.493 e. The van der Waals surface area contributed by atoms with Crippen LogP contribution in [0.4, 0.5) is 4.39 Å². The highest BCUT2D eigenvalue weighted by molar-refractivity contribution is 5.61. The van der Waals surface area contributed by atoms with Gasteiger partial charge in [-0.3, -0.25) is 0 Å². The number of hydrogen-bond acceptors (Lipinski definition) is 3. The minimum atomic E-state index is -1.08. The van der Waals surface area contributed by atoms with Crippen molar-refractivity contribution in [3.05, 3.63) is 29.3 Å². The molecule has 1 unspecified atom stereocenters. The van der Waals surface area contributed by atoms with Crippen LogP contribution in [0.2, 0.25) is 0 Å². The van der Waals surface area contributed by atoms with Gasteiger partial charge in [0.2, 0.25) is 0 Å². The second-order valence-electron chi connectivity index (χ2n) is 3.59. The number of rotatable bonds is 5. The van der Waals surface area contributed by atoms with Gasteiger partial charge < -0.3 is 15.2 Å². The van der Waals surface area contributed by atoms with E-state index in [0.29, 0.717) is 23.6 Å². The molecule has 0 heterocycles. The molecule has 1 atom stereocenters. The smallest absolute Gasteiger partial charge is 0.161 e.